The minimum Gasteiger partial charge on any atom is -0.0622 e. The zero-order valence-electron chi connectivity index (χ0n) is 30.2. The summed E-state index contributed by atoms with van der Waals surface area (Å²) in [5, 5.41) is 0. The first-order valence-corrected chi connectivity index (χ1v) is 17.8. The number of rotatable bonds is 6. The lowest BCUT2D eigenvalue weighted by molar-refractivity contribution is 0.590. The molecule has 0 aliphatic carbocycles. The van der Waals surface area contributed by atoms with Crippen LogP contribution in [-0.4, -0.2) is 0 Å². The lowest BCUT2D eigenvalue weighted by atomic mass is 9.73. The molecule has 0 heteroatoms. The Bertz CT molecular complexity index is 2030. The van der Waals surface area contributed by atoms with Crippen LogP contribution >= 0.6 is 0 Å². The SMILES string of the molecule is CC(C)(C)c1ccc(-c2c(-c3ccccc3)c(-c3ccccc3)c(-c3ccccc3)c(-c3ccccc3)c2-c2ccc(C(C)(C)C)cc2)cc1. The van der Waals surface area contributed by atoms with Gasteiger partial charge in [0.1, 0.15) is 0 Å². The Balaban J connectivity index is 1.76. The molecule has 0 saturated carbocycles. The molecule has 0 atom stereocenters. The van der Waals surface area contributed by atoms with Crippen molar-refractivity contribution in [3.63, 3.8) is 0 Å². The summed E-state index contributed by atoms with van der Waals surface area (Å²) < 4.78 is 0. The summed E-state index contributed by atoms with van der Waals surface area (Å²) in [6.07, 6.45) is 0. The Morgan fingerprint density at radius 3 is 0.580 bits per heavy atom. The van der Waals surface area contributed by atoms with E-state index in [4.69, 9.17) is 0 Å². The van der Waals surface area contributed by atoms with Gasteiger partial charge in [0, 0.05) is 0 Å². The fraction of sp³-hybridized carbons (Fsp3) is 0.160. The average Bonchev–Trinajstić information content (AvgIpc) is 3.14. The third-order valence-electron chi connectivity index (χ3n) is 9.83. The van der Waals surface area contributed by atoms with Gasteiger partial charge in [0.25, 0.3) is 0 Å². The second kappa shape index (κ2) is 13.4. The molecule has 0 N–H and O–H groups in total. The van der Waals surface area contributed by atoms with Gasteiger partial charge in [-0.05, 0) is 88.7 Å². The zero-order valence-corrected chi connectivity index (χ0v) is 30.2. The van der Waals surface area contributed by atoms with Crippen molar-refractivity contribution in [2.45, 2.75) is 52.4 Å². The molecule has 7 rings (SSSR count). The van der Waals surface area contributed by atoms with Gasteiger partial charge in [-0.2, -0.15) is 0 Å². The first kappa shape index (κ1) is 33.1. The highest BCUT2D eigenvalue weighted by atomic mass is 14.3. The Morgan fingerprint density at radius 1 is 0.220 bits per heavy atom. The highest BCUT2D eigenvalue weighted by Gasteiger charge is 2.29. The molecule has 0 spiro atoms. The maximum absolute atomic E-state index is 2.35. The van der Waals surface area contributed by atoms with Crippen LogP contribution in [0.3, 0.4) is 0 Å². The molecular formula is C50H46. The van der Waals surface area contributed by atoms with Gasteiger partial charge in [-0.3, -0.25) is 0 Å². The van der Waals surface area contributed by atoms with Crippen molar-refractivity contribution in [2.24, 2.45) is 0 Å². The maximum atomic E-state index is 2.35. The van der Waals surface area contributed by atoms with Crippen LogP contribution in [0.15, 0.2) is 170 Å². The van der Waals surface area contributed by atoms with E-state index < -0.39 is 0 Å². The third-order valence-corrected chi connectivity index (χ3v) is 9.83. The molecule has 0 fully saturated rings. The first-order chi connectivity index (χ1) is 24.1. The van der Waals surface area contributed by atoms with Crippen LogP contribution in [0.1, 0.15) is 52.7 Å². The van der Waals surface area contributed by atoms with Crippen molar-refractivity contribution in [3.05, 3.63) is 181 Å². The number of benzene rings is 7. The molecule has 0 saturated heterocycles. The Kier molecular flexibility index (Phi) is 8.89. The molecule has 7 aromatic carbocycles. The quantitative estimate of drug-likeness (QED) is 0.169. The second-order valence-corrected chi connectivity index (χ2v) is 15.4. The summed E-state index contributed by atoms with van der Waals surface area (Å²) in [7, 11) is 0. The van der Waals surface area contributed by atoms with Gasteiger partial charge in [0.15, 0.2) is 0 Å². The smallest absolute Gasteiger partial charge is 0.00139 e. The third kappa shape index (κ3) is 6.47. The molecule has 0 unspecified atom stereocenters. The van der Waals surface area contributed by atoms with Crippen molar-refractivity contribution < 1.29 is 0 Å². The predicted octanol–water partition coefficient (Wildman–Crippen LogP) is 14.3. The Labute approximate surface area is 299 Å². The minimum atomic E-state index is 0.0496. The zero-order chi connectivity index (χ0) is 34.9. The second-order valence-electron chi connectivity index (χ2n) is 15.4. The van der Waals surface area contributed by atoms with E-state index in [0.29, 0.717) is 0 Å². The molecular weight excluding hydrogens is 601 g/mol. The topological polar surface area (TPSA) is 0 Å². The minimum absolute atomic E-state index is 0.0496. The van der Waals surface area contributed by atoms with E-state index in [-0.39, 0.29) is 10.8 Å². The molecule has 0 bridgehead atoms. The Hall–Kier alpha value is -5.46. The van der Waals surface area contributed by atoms with Gasteiger partial charge in [-0.15, -0.1) is 0 Å². The van der Waals surface area contributed by atoms with Crippen molar-refractivity contribution in [1.29, 1.82) is 0 Å². The molecule has 0 aliphatic heterocycles. The molecule has 0 nitrogen and oxygen atoms in total. The summed E-state index contributed by atoms with van der Waals surface area (Å²) in [6.45, 7) is 13.7. The summed E-state index contributed by atoms with van der Waals surface area (Å²) in [5.41, 5.74) is 17.4. The van der Waals surface area contributed by atoms with Crippen LogP contribution in [0.2, 0.25) is 0 Å². The molecule has 0 heterocycles. The van der Waals surface area contributed by atoms with E-state index >= 15 is 0 Å². The van der Waals surface area contributed by atoms with Gasteiger partial charge in [-0.25, -0.2) is 0 Å². The molecule has 0 radical (unpaired) electrons. The molecule has 50 heavy (non-hydrogen) atoms. The highest BCUT2D eigenvalue weighted by Crippen LogP contribution is 2.56. The summed E-state index contributed by atoms with van der Waals surface area (Å²) in [5.74, 6) is 0. The number of hydrogen-bond donors (Lipinski definition) is 0. The van der Waals surface area contributed by atoms with Gasteiger partial charge >= 0.3 is 0 Å². The van der Waals surface area contributed by atoms with Crippen molar-refractivity contribution in [2.75, 3.05) is 0 Å². The standard InChI is InChI=1S/C50H46/c1-49(2,3)41-31-27-39(28-32-41)47-45(37-23-15-9-16-24-37)43(35-19-11-7-12-20-35)44(36-21-13-8-14-22-36)46(38-25-17-10-18-26-38)48(47)40-29-33-42(34-30-40)50(4,5)6/h7-34H,1-6H3. The van der Waals surface area contributed by atoms with Gasteiger partial charge < -0.3 is 0 Å². The van der Waals surface area contributed by atoms with E-state index in [1.54, 1.807) is 0 Å². The summed E-state index contributed by atoms with van der Waals surface area (Å²) in [4.78, 5) is 0. The average molecular weight is 647 g/mol. The van der Waals surface area contributed by atoms with E-state index in [1.807, 2.05) is 0 Å². The largest absolute Gasteiger partial charge is 0.0622 e. The normalized spacial score (nSPS) is 11.8. The monoisotopic (exact) mass is 646 g/mol. The fourth-order valence-electron chi connectivity index (χ4n) is 7.18. The van der Waals surface area contributed by atoms with Crippen LogP contribution in [0, 0.1) is 0 Å². The van der Waals surface area contributed by atoms with Crippen molar-refractivity contribution >= 4 is 0 Å². The van der Waals surface area contributed by atoms with E-state index in [9.17, 15) is 0 Å². The molecule has 246 valence electrons. The molecule has 0 aromatic heterocycles. The van der Waals surface area contributed by atoms with Crippen LogP contribution in [0.25, 0.3) is 66.8 Å². The van der Waals surface area contributed by atoms with Crippen LogP contribution in [0.4, 0.5) is 0 Å². The van der Waals surface area contributed by atoms with Gasteiger partial charge in [0.2, 0.25) is 0 Å². The lowest BCUT2D eigenvalue weighted by Crippen LogP contribution is -2.11. The van der Waals surface area contributed by atoms with Crippen LogP contribution in [0.5, 0.6) is 0 Å². The predicted molar refractivity (Wildman–Crippen MR) is 216 cm³/mol. The molecule has 0 amide bonds. The Morgan fingerprint density at radius 2 is 0.400 bits per heavy atom. The van der Waals surface area contributed by atoms with E-state index in [0.717, 1.165) is 0 Å². The first-order valence-electron chi connectivity index (χ1n) is 17.8. The van der Waals surface area contributed by atoms with Crippen LogP contribution in [-0.2, 0) is 10.8 Å². The fourth-order valence-corrected chi connectivity index (χ4v) is 7.18. The maximum Gasteiger partial charge on any atom is -0.00139 e. The van der Waals surface area contributed by atoms with Crippen LogP contribution < -0.4 is 0 Å². The number of hydrogen-bond acceptors (Lipinski definition) is 0. The summed E-state index contributed by atoms with van der Waals surface area (Å²) >= 11 is 0. The van der Waals surface area contributed by atoms with Crippen molar-refractivity contribution in [1.82, 2.24) is 0 Å². The van der Waals surface area contributed by atoms with Gasteiger partial charge in [-0.1, -0.05) is 211 Å². The lowest BCUT2D eigenvalue weighted by Gasteiger charge is -2.29. The summed E-state index contributed by atoms with van der Waals surface area (Å²) in [6, 6.07) is 62.7. The van der Waals surface area contributed by atoms with E-state index in [2.05, 4.69) is 211 Å². The van der Waals surface area contributed by atoms with Crippen molar-refractivity contribution in [3.8, 4) is 66.8 Å². The highest BCUT2D eigenvalue weighted by molar-refractivity contribution is 6.15. The molecule has 7 aromatic rings. The molecule has 0 aliphatic rings. The van der Waals surface area contributed by atoms with Gasteiger partial charge in [0.05, 0.1) is 0 Å². The van der Waals surface area contributed by atoms with E-state index in [1.165, 1.54) is 77.9 Å².